The van der Waals surface area contributed by atoms with E-state index in [0.29, 0.717) is 31.3 Å². The summed E-state index contributed by atoms with van der Waals surface area (Å²) in [6.07, 6.45) is 1.75. The molecule has 0 N–H and O–H groups in total. The molecule has 6 nitrogen and oxygen atoms in total. The number of hydrogen-bond acceptors (Lipinski definition) is 7. The van der Waals surface area contributed by atoms with E-state index in [9.17, 15) is 0 Å². The standard InChI is InChI=1S/C19H21N3O3S/c1-23-16-7-8-20-14(18(16)24-2)11-22-9-10-25-12-15(22)19-21-13-5-3-4-6-17(13)26-19/h3-8,15H,9-12H2,1-2H3. The van der Waals surface area contributed by atoms with E-state index >= 15 is 0 Å². The number of thiazole rings is 1. The van der Waals surface area contributed by atoms with Gasteiger partial charge >= 0.3 is 0 Å². The van der Waals surface area contributed by atoms with Crippen molar-refractivity contribution in [3.63, 3.8) is 0 Å². The Morgan fingerprint density at radius 1 is 1.23 bits per heavy atom. The molecule has 0 amide bonds. The second kappa shape index (κ2) is 7.57. The highest BCUT2D eigenvalue weighted by Crippen LogP contribution is 2.35. The molecule has 1 unspecified atom stereocenters. The smallest absolute Gasteiger partial charge is 0.183 e. The Kier molecular flexibility index (Phi) is 5.01. The van der Waals surface area contributed by atoms with Crippen LogP contribution in [0, 0.1) is 0 Å². The first-order chi connectivity index (χ1) is 12.8. The Balaban J connectivity index is 1.64. The minimum atomic E-state index is 0.110. The summed E-state index contributed by atoms with van der Waals surface area (Å²) in [6.45, 7) is 2.81. The summed E-state index contributed by atoms with van der Waals surface area (Å²) in [5.41, 5.74) is 1.90. The van der Waals surface area contributed by atoms with Crippen molar-refractivity contribution in [2.45, 2.75) is 12.6 Å². The zero-order valence-electron chi connectivity index (χ0n) is 14.8. The molecule has 26 heavy (non-hydrogen) atoms. The molecule has 0 aliphatic carbocycles. The second-order valence-electron chi connectivity index (χ2n) is 6.07. The summed E-state index contributed by atoms with van der Waals surface area (Å²) in [7, 11) is 3.29. The third-order valence-electron chi connectivity index (χ3n) is 4.55. The van der Waals surface area contributed by atoms with Crippen molar-refractivity contribution in [1.29, 1.82) is 0 Å². The van der Waals surface area contributed by atoms with E-state index in [1.54, 1.807) is 31.8 Å². The highest BCUT2D eigenvalue weighted by atomic mass is 32.1. The van der Waals surface area contributed by atoms with E-state index < -0.39 is 0 Å². The number of pyridine rings is 1. The lowest BCUT2D eigenvalue weighted by Gasteiger charge is -2.34. The highest BCUT2D eigenvalue weighted by molar-refractivity contribution is 7.18. The summed E-state index contributed by atoms with van der Waals surface area (Å²) in [5, 5.41) is 1.08. The number of nitrogens with zero attached hydrogens (tertiary/aromatic N) is 3. The van der Waals surface area contributed by atoms with Crippen molar-refractivity contribution >= 4 is 21.6 Å². The molecule has 0 radical (unpaired) electrons. The molecule has 1 saturated heterocycles. The van der Waals surface area contributed by atoms with Crippen LogP contribution < -0.4 is 9.47 Å². The lowest BCUT2D eigenvalue weighted by molar-refractivity contribution is -0.0135. The summed E-state index contributed by atoms with van der Waals surface area (Å²) in [5.74, 6) is 1.38. The molecule has 1 aliphatic rings. The van der Waals surface area contributed by atoms with Crippen molar-refractivity contribution in [3.05, 3.63) is 47.2 Å². The number of fused-ring (bicyclic) bond motifs is 1. The van der Waals surface area contributed by atoms with Gasteiger partial charge in [-0.25, -0.2) is 4.98 Å². The number of para-hydroxylation sites is 1. The van der Waals surface area contributed by atoms with Crippen LogP contribution in [-0.4, -0.2) is 48.8 Å². The third kappa shape index (κ3) is 3.25. The maximum absolute atomic E-state index is 5.75. The van der Waals surface area contributed by atoms with Gasteiger partial charge in [0, 0.05) is 25.4 Å². The molecule has 1 aliphatic heterocycles. The SMILES string of the molecule is COc1ccnc(CN2CCOCC2c2nc3ccccc3s2)c1OC. The number of ether oxygens (including phenoxy) is 3. The van der Waals surface area contributed by atoms with Crippen LogP contribution in [0.3, 0.4) is 0 Å². The molecular weight excluding hydrogens is 350 g/mol. The van der Waals surface area contributed by atoms with Crippen LogP contribution in [0.5, 0.6) is 11.5 Å². The average molecular weight is 371 g/mol. The van der Waals surface area contributed by atoms with E-state index in [0.717, 1.165) is 22.8 Å². The van der Waals surface area contributed by atoms with Crippen molar-refractivity contribution in [1.82, 2.24) is 14.9 Å². The minimum Gasteiger partial charge on any atom is -0.493 e. The Labute approximate surface area is 156 Å². The number of rotatable bonds is 5. The van der Waals surface area contributed by atoms with Crippen molar-refractivity contribution in [3.8, 4) is 11.5 Å². The number of morpholine rings is 1. The van der Waals surface area contributed by atoms with Gasteiger partial charge in [0.1, 0.15) is 10.7 Å². The first-order valence-electron chi connectivity index (χ1n) is 8.53. The third-order valence-corrected chi connectivity index (χ3v) is 5.69. The van der Waals surface area contributed by atoms with Gasteiger partial charge in [0.15, 0.2) is 11.5 Å². The van der Waals surface area contributed by atoms with Crippen LogP contribution in [0.15, 0.2) is 36.5 Å². The number of hydrogen-bond donors (Lipinski definition) is 0. The maximum atomic E-state index is 5.75. The Hall–Kier alpha value is -2.22. The first kappa shape index (κ1) is 17.2. The van der Waals surface area contributed by atoms with Gasteiger partial charge in [-0.15, -0.1) is 11.3 Å². The average Bonchev–Trinajstić information content (AvgIpc) is 3.12. The zero-order chi connectivity index (χ0) is 17.9. The summed E-state index contributed by atoms with van der Waals surface area (Å²) in [4.78, 5) is 11.7. The predicted octanol–water partition coefficient (Wildman–Crippen LogP) is 3.28. The topological polar surface area (TPSA) is 56.7 Å². The fourth-order valence-electron chi connectivity index (χ4n) is 3.24. The summed E-state index contributed by atoms with van der Waals surface area (Å²) < 4.78 is 17.9. The molecule has 7 heteroatoms. The lowest BCUT2D eigenvalue weighted by Crippen LogP contribution is -2.39. The molecule has 0 bridgehead atoms. The predicted molar refractivity (Wildman–Crippen MR) is 101 cm³/mol. The molecule has 0 spiro atoms. The van der Waals surface area contributed by atoms with Gasteiger partial charge in [0.2, 0.25) is 0 Å². The van der Waals surface area contributed by atoms with E-state index in [-0.39, 0.29) is 6.04 Å². The van der Waals surface area contributed by atoms with Crippen LogP contribution >= 0.6 is 11.3 Å². The van der Waals surface area contributed by atoms with Crippen LogP contribution in [-0.2, 0) is 11.3 Å². The second-order valence-corrected chi connectivity index (χ2v) is 7.14. The van der Waals surface area contributed by atoms with Gasteiger partial charge in [0.05, 0.1) is 43.7 Å². The van der Waals surface area contributed by atoms with Crippen molar-refractivity contribution in [2.24, 2.45) is 0 Å². The number of aromatic nitrogens is 2. The first-order valence-corrected chi connectivity index (χ1v) is 9.35. The summed E-state index contributed by atoms with van der Waals surface area (Å²) >= 11 is 1.73. The molecule has 4 rings (SSSR count). The van der Waals surface area contributed by atoms with Crippen LogP contribution in [0.25, 0.3) is 10.2 Å². The summed E-state index contributed by atoms with van der Waals surface area (Å²) in [6, 6.07) is 10.1. The molecule has 0 saturated carbocycles. The van der Waals surface area contributed by atoms with Gasteiger partial charge in [0.25, 0.3) is 0 Å². The van der Waals surface area contributed by atoms with E-state index in [1.807, 2.05) is 18.2 Å². The van der Waals surface area contributed by atoms with Gasteiger partial charge < -0.3 is 14.2 Å². The molecule has 1 atom stereocenters. The van der Waals surface area contributed by atoms with Crippen molar-refractivity contribution in [2.75, 3.05) is 34.0 Å². The van der Waals surface area contributed by atoms with Crippen LogP contribution in [0.1, 0.15) is 16.7 Å². The number of benzene rings is 1. The van der Waals surface area contributed by atoms with Gasteiger partial charge in [-0.2, -0.15) is 0 Å². The number of methoxy groups -OCH3 is 2. The van der Waals surface area contributed by atoms with Gasteiger partial charge in [-0.1, -0.05) is 12.1 Å². The van der Waals surface area contributed by atoms with Crippen molar-refractivity contribution < 1.29 is 14.2 Å². The molecule has 3 aromatic rings. The normalized spacial score (nSPS) is 18.2. The van der Waals surface area contributed by atoms with E-state index in [2.05, 4.69) is 22.0 Å². The largest absolute Gasteiger partial charge is 0.493 e. The monoisotopic (exact) mass is 371 g/mol. The zero-order valence-corrected chi connectivity index (χ0v) is 15.7. The Bertz CT molecular complexity index is 866. The highest BCUT2D eigenvalue weighted by Gasteiger charge is 2.29. The van der Waals surface area contributed by atoms with Gasteiger partial charge in [-0.3, -0.25) is 9.88 Å². The quantitative estimate of drug-likeness (QED) is 0.686. The fourth-order valence-corrected chi connectivity index (χ4v) is 4.33. The fraction of sp³-hybridized carbons (Fsp3) is 0.368. The Morgan fingerprint density at radius 2 is 2.12 bits per heavy atom. The molecule has 136 valence electrons. The molecule has 2 aromatic heterocycles. The van der Waals surface area contributed by atoms with Gasteiger partial charge in [-0.05, 0) is 12.1 Å². The lowest BCUT2D eigenvalue weighted by atomic mass is 10.2. The van der Waals surface area contributed by atoms with Crippen LogP contribution in [0.2, 0.25) is 0 Å². The molecular formula is C19H21N3O3S. The minimum absolute atomic E-state index is 0.110. The molecule has 1 fully saturated rings. The molecule has 3 heterocycles. The van der Waals surface area contributed by atoms with E-state index in [1.165, 1.54) is 4.70 Å². The maximum Gasteiger partial charge on any atom is 0.183 e. The van der Waals surface area contributed by atoms with E-state index in [4.69, 9.17) is 19.2 Å². The molecule has 1 aromatic carbocycles. The Morgan fingerprint density at radius 3 is 2.92 bits per heavy atom. The van der Waals surface area contributed by atoms with Crippen LogP contribution in [0.4, 0.5) is 0 Å².